The summed E-state index contributed by atoms with van der Waals surface area (Å²) in [7, 11) is 4.44. The predicted molar refractivity (Wildman–Crippen MR) is 96.7 cm³/mol. The Balaban J connectivity index is 0.000000433. The number of hydrogen-bond donors (Lipinski definition) is 0. The first-order chi connectivity index (χ1) is 11.4. The maximum atomic E-state index is 8.97. The quantitative estimate of drug-likeness (QED) is 0.484. The largest absolute Gasteiger partial charge is 0.0622 e. The van der Waals surface area contributed by atoms with Crippen LogP contribution in [-0.2, 0) is 21.0 Å². The Kier molecular flexibility index (Phi) is 8.12. The zero-order valence-electron chi connectivity index (χ0n) is 12.2. The van der Waals surface area contributed by atoms with Crippen LogP contribution >= 0.6 is 17.5 Å². The third kappa shape index (κ3) is 5.63. The van der Waals surface area contributed by atoms with E-state index in [1.165, 1.54) is 15.9 Å². The van der Waals surface area contributed by atoms with E-state index in [0.29, 0.717) is 0 Å². The summed E-state index contributed by atoms with van der Waals surface area (Å²) in [4.78, 5) is 8.97. The first-order valence-electron chi connectivity index (χ1n) is 6.90. The van der Waals surface area contributed by atoms with Crippen molar-refractivity contribution in [1.82, 2.24) is 0 Å². The van der Waals surface area contributed by atoms with Gasteiger partial charge in [0.15, 0.2) is 0 Å². The molecule has 0 saturated carbocycles. The van der Waals surface area contributed by atoms with E-state index in [4.69, 9.17) is 14.4 Å². The van der Waals surface area contributed by atoms with Crippen LogP contribution in [0.5, 0.6) is 0 Å². The van der Waals surface area contributed by atoms with E-state index in [0.717, 1.165) is 0 Å². The Morgan fingerprint density at radius 2 is 0.913 bits per heavy atom. The van der Waals surface area contributed by atoms with E-state index in [-0.39, 0.29) is 0 Å². The molecular formula is C19H15ClIrOP. The zero-order valence-corrected chi connectivity index (χ0v) is 16.3. The van der Waals surface area contributed by atoms with Crippen molar-refractivity contribution in [3.63, 3.8) is 0 Å². The summed E-state index contributed by atoms with van der Waals surface area (Å²) in [6.07, 6.45) is 0. The van der Waals surface area contributed by atoms with E-state index in [9.17, 15) is 0 Å². The second kappa shape index (κ2) is 10.4. The summed E-state index contributed by atoms with van der Waals surface area (Å²) in [5.41, 5.74) is 0. The van der Waals surface area contributed by atoms with Crippen molar-refractivity contribution in [1.29, 1.82) is 0 Å². The van der Waals surface area contributed by atoms with Gasteiger partial charge in [-0.15, -0.1) is 0 Å². The topological polar surface area (TPSA) is 17.1 Å². The van der Waals surface area contributed by atoms with E-state index < -0.39 is 24.1 Å². The molecule has 0 saturated heterocycles. The maximum absolute atomic E-state index is 8.97. The summed E-state index contributed by atoms with van der Waals surface area (Å²) >= 11 is -0.819. The van der Waals surface area contributed by atoms with Gasteiger partial charge >= 0.3 is 35.0 Å². The number of halogens is 1. The Morgan fingerprint density at radius 1 is 0.652 bits per heavy atom. The van der Waals surface area contributed by atoms with Crippen LogP contribution in [0.4, 0.5) is 0 Å². The van der Waals surface area contributed by atoms with Gasteiger partial charge in [-0.05, 0) is 23.8 Å². The van der Waals surface area contributed by atoms with Crippen LogP contribution in [0, 0.1) is 0 Å². The van der Waals surface area contributed by atoms with Crippen molar-refractivity contribution < 1.29 is 21.0 Å². The first-order valence-corrected chi connectivity index (χ1v) is 12.4. The van der Waals surface area contributed by atoms with Gasteiger partial charge in [-0.3, -0.25) is 0 Å². The monoisotopic (exact) mass is 518 g/mol. The molecule has 0 unspecified atom stereocenters. The molecule has 0 spiro atoms. The molecule has 0 heterocycles. The molecule has 23 heavy (non-hydrogen) atoms. The summed E-state index contributed by atoms with van der Waals surface area (Å²) < 4.78 is 1.57. The minimum Gasteiger partial charge on any atom is -0.0622 e. The number of hydrogen-bond acceptors (Lipinski definition) is 1. The number of carbonyl (C=O) groups excluding carboxylic acids is 1. The molecular weight excluding hydrogens is 503 g/mol. The Hall–Kier alpha value is -1.39. The van der Waals surface area contributed by atoms with Crippen LogP contribution in [-0.4, -0.2) is 4.39 Å². The molecule has 3 aromatic rings. The minimum atomic E-state index is -0.819. The van der Waals surface area contributed by atoms with Crippen molar-refractivity contribution in [2.45, 2.75) is 0 Å². The van der Waals surface area contributed by atoms with Crippen molar-refractivity contribution in [3.05, 3.63) is 91.0 Å². The third-order valence-corrected chi connectivity index (χ3v) is 6.12. The van der Waals surface area contributed by atoms with Gasteiger partial charge in [-0.25, -0.2) is 0 Å². The van der Waals surface area contributed by atoms with Crippen LogP contribution in [0.25, 0.3) is 0 Å². The normalized spacial score (nSPS) is 9.83. The van der Waals surface area contributed by atoms with Gasteiger partial charge in [-0.1, -0.05) is 91.0 Å². The standard InChI is InChI=1S/C18H15P.CO.ClH.Ir/c1-4-10-16(11-5-1)19(17-12-6-2-7-13-17)18-14-8-3-9-15-18;1-2;;/h1-15H;;1H;/q;;;+1/p-1. The minimum absolute atomic E-state index is 0.446. The molecule has 0 fully saturated rings. The first kappa shape index (κ1) is 18.0. The van der Waals surface area contributed by atoms with Gasteiger partial charge in [0.25, 0.3) is 0 Å². The van der Waals surface area contributed by atoms with Gasteiger partial charge in [0.05, 0.1) is 0 Å². The molecule has 0 aliphatic carbocycles. The summed E-state index contributed by atoms with van der Waals surface area (Å²) in [6.45, 7) is 0. The molecule has 0 N–H and O–H groups in total. The fourth-order valence-corrected chi connectivity index (χ4v) is 4.48. The van der Waals surface area contributed by atoms with Crippen LogP contribution in [0.15, 0.2) is 91.0 Å². The van der Waals surface area contributed by atoms with Crippen molar-refractivity contribution in [2.24, 2.45) is 0 Å². The van der Waals surface area contributed by atoms with Crippen LogP contribution in [0.2, 0.25) is 0 Å². The molecule has 0 radical (unpaired) electrons. The van der Waals surface area contributed by atoms with Gasteiger partial charge < -0.3 is 0 Å². The molecule has 0 aromatic heterocycles. The predicted octanol–water partition coefficient (Wildman–Crippen LogP) is 3.73. The molecule has 0 amide bonds. The SMILES string of the molecule is O=[C]=[Ir][Cl].c1ccc(P(c2ccccc2)c2ccccc2)cc1. The zero-order chi connectivity index (χ0) is 16.3. The van der Waals surface area contributed by atoms with E-state index in [1.54, 1.807) is 4.39 Å². The average molecular weight is 518 g/mol. The van der Waals surface area contributed by atoms with E-state index >= 15 is 0 Å². The van der Waals surface area contributed by atoms with Crippen molar-refractivity contribution >= 4 is 37.8 Å². The smallest absolute Gasteiger partial charge is 0.0134 e. The molecule has 4 heteroatoms. The Labute approximate surface area is 149 Å². The second-order valence-corrected chi connectivity index (χ2v) is 8.67. The summed E-state index contributed by atoms with van der Waals surface area (Å²) in [5.74, 6) is 0. The fourth-order valence-electron chi connectivity index (χ4n) is 2.18. The van der Waals surface area contributed by atoms with E-state index in [1.807, 2.05) is 0 Å². The van der Waals surface area contributed by atoms with Gasteiger partial charge in [0, 0.05) is 0 Å². The van der Waals surface area contributed by atoms with Crippen LogP contribution in [0.3, 0.4) is 0 Å². The summed E-state index contributed by atoms with van der Waals surface area (Å²) in [6, 6.07) is 32.3. The summed E-state index contributed by atoms with van der Waals surface area (Å²) in [5, 5.41) is 4.19. The molecule has 118 valence electrons. The van der Waals surface area contributed by atoms with Crippen molar-refractivity contribution in [2.75, 3.05) is 0 Å². The van der Waals surface area contributed by atoms with Crippen LogP contribution < -0.4 is 15.9 Å². The molecule has 3 rings (SSSR count). The maximum Gasteiger partial charge on any atom is -0.0134 e. The van der Waals surface area contributed by atoms with Crippen LogP contribution in [0.1, 0.15) is 0 Å². The van der Waals surface area contributed by atoms with Crippen molar-refractivity contribution in [3.8, 4) is 0 Å². The third-order valence-electron chi connectivity index (χ3n) is 3.07. The van der Waals surface area contributed by atoms with Gasteiger partial charge in [0.2, 0.25) is 0 Å². The number of benzene rings is 3. The van der Waals surface area contributed by atoms with E-state index in [2.05, 4.69) is 91.0 Å². The molecule has 0 bridgehead atoms. The molecule has 3 aromatic carbocycles. The average Bonchev–Trinajstić information content (AvgIpc) is 2.65. The second-order valence-electron chi connectivity index (χ2n) is 4.47. The fraction of sp³-hybridized carbons (Fsp3) is 0. The molecule has 0 atom stereocenters. The molecule has 0 aliphatic heterocycles. The Bertz CT molecular complexity index is 650. The molecule has 0 aliphatic rings. The van der Waals surface area contributed by atoms with Gasteiger partial charge in [0.1, 0.15) is 0 Å². The Morgan fingerprint density at radius 3 is 1.13 bits per heavy atom. The van der Waals surface area contributed by atoms with Gasteiger partial charge in [-0.2, -0.15) is 0 Å². The number of rotatable bonds is 3. The molecule has 1 nitrogen and oxygen atoms in total.